The standard InChI is InChI=1S/C14H21NO3/c1-12(18-13-8-4-2-5-9-13)14(17)15-10-6-3-7-11-16/h2,4-5,8-9,12,16H,3,6-7,10-11H2,1H3,(H,15,17). The number of aliphatic hydroxyl groups is 1. The van der Waals surface area contributed by atoms with Gasteiger partial charge in [-0.1, -0.05) is 18.2 Å². The summed E-state index contributed by atoms with van der Waals surface area (Å²) in [6.07, 6.45) is 2.09. The van der Waals surface area contributed by atoms with Crippen LogP contribution in [0.25, 0.3) is 0 Å². The molecule has 0 aromatic heterocycles. The number of carbonyl (C=O) groups excluding carboxylic acids is 1. The van der Waals surface area contributed by atoms with Gasteiger partial charge in [-0.2, -0.15) is 0 Å². The summed E-state index contributed by atoms with van der Waals surface area (Å²) in [5, 5.41) is 11.4. The Labute approximate surface area is 108 Å². The maximum atomic E-state index is 11.7. The number of hydrogen-bond donors (Lipinski definition) is 2. The van der Waals surface area contributed by atoms with Gasteiger partial charge in [-0.15, -0.1) is 0 Å². The summed E-state index contributed by atoms with van der Waals surface area (Å²) in [6.45, 7) is 2.57. The van der Waals surface area contributed by atoms with E-state index < -0.39 is 6.10 Å². The molecule has 0 fully saturated rings. The maximum Gasteiger partial charge on any atom is 0.260 e. The molecule has 1 rings (SSSR count). The van der Waals surface area contributed by atoms with Crippen molar-refractivity contribution in [2.75, 3.05) is 13.2 Å². The SMILES string of the molecule is CC(Oc1ccccc1)C(=O)NCCCCCO. The van der Waals surface area contributed by atoms with E-state index in [1.165, 1.54) is 0 Å². The number of carbonyl (C=O) groups is 1. The van der Waals surface area contributed by atoms with E-state index in [1.807, 2.05) is 30.3 Å². The average molecular weight is 251 g/mol. The Bertz CT molecular complexity index is 340. The number of amides is 1. The van der Waals surface area contributed by atoms with E-state index in [4.69, 9.17) is 9.84 Å². The van der Waals surface area contributed by atoms with Crippen molar-refractivity contribution in [3.8, 4) is 5.75 Å². The fourth-order valence-corrected chi connectivity index (χ4v) is 1.53. The van der Waals surface area contributed by atoms with Gasteiger partial charge in [-0.3, -0.25) is 4.79 Å². The Morgan fingerprint density at radius 3 is 2.67 bits per heavy atom. The van der Waals surface area contributed by atoms with E-state index in [2.05, 4.69) is 5.32 Å². The lowest BCUT2D eigenvalue weighted by Crippen LogP contribution is -2.36. The number of rotatable bonds is 8. The minimum atomic E-state index is -0.495. The van der Waals surface area contributed by atoms with Gasteiger partial charge in [0.15, 0.2) is 6.10 Å². The molecule has 1 atom stereocenters. The minimum Gasteiger partial charge on any atom is -0.481 e. The monoisotopic (exact) mass is 251 g/mol. The molecule has 0 spiro atoms. The lowest BCUT2D eigenvalue weighted by Gasteiger charge is -2.14. The van der Waals surface area contributed by atoms with Gasteiger partial charge in [0.1, 0.15) is 5.75 Å². The summed E-state index contributed by atoms with van der Waals surface area (Å²) in [7, 11) is 0. The Morgan fingerprint density at radius 2 is 2.00 bits per heavy atom. The van der Waals surface area contributed by atoms with Crippen LogP contribution in [-0.2, 0) is 4.79 Å². The first-order chi connectivity index (χ1) is 8.74. The van der Waals surface area contributed by atoms with E-state index in [0.717, 1.165) is 19.3 Å². The van der Waals surface area contributed by atoms with Crippen LogP contribution in [0.3, 0.4) is 0 Å². The van der Waals surface area contributed by atoms with Gasteiger partial charge in [0.05, 0.1) is 0 Å². The number of para-hydroxylation sites is 1. The van der Waals surface area contributed by atoms with Gasteiger partial charge in [0.2, 0.25) is 0 Å². The number of unbranched alkanes of at least 4 members (excludes halogenated alkanes) is 2. The average Bonchev–Trinajstić information content (AvgIpc) is 2.39. The van der Waals surface area contributed by atoms with Gasteiger partial charge in [0.25, 0.3) is 5.91 Å². The first-order valence-electron chi connectivity index (χ1n) is 6.34. The predicted molar refractivity (Wildman–Crippen MR) is 70.5 cm³/mol. The summed E-state index contributed by atoms with van der Waals surface area (Å²) in [4.78, 5) is 11.7. The van der Waals surface area contributed by atoms with Gasteiger partial charge in [-0.05, 0) is 38.3 Å². The lowest BCUT2D eigenvalue weighted by molar-refractivity contribution is -0.127. The van der Waals surface area contributed by atoms with Crippen LogP contribution in [0, 0.1) is 0 Å². The first-order valence-corrected chi connectivity index (χ1v) is 6.34. The zero-order valence-corrected chi connectivity index (χ0v) is 10.8. The number of aliphatic hydroxyl groups excluding tert-OH is 1. The van der Waals surface area contributed by atoms with Gasteiger partial charge < -0.3 is 15.2 Å². The maximum absolute atomic E-state index is 11.7. The van der Waals surface area contributed by atoms with Crippen molar-refractivity contribution in [3.05, 3.63) is 30.3 Å². The molecule has 0 bridgehead atoms. The molecule has 18 heavy (non-hydrogen) atoms. The normalized spacial score (nSPS) is 11.9. The molecule has 0 aliphatic carbocycles. The van der Waals surface area contributed by atoms with Crippen molar-refractivity contribution >= 4 is 5.91 Å². The summed E-state index contributed by atoms with van der Waals surface area (Å²) < 4.78 is 5.50. The van der Waals surface area contributed by atoms with Crippen molar-refractivity contribution in [2.24, 2.45) is 0 Å². The first kappa shape index (κ1) is 14.5. The Balaban J connectivity index is 2.21. The van der Waals surface area contributed by atoms with Crippen LogP contribution in [0.15, 0.2) is 30.3 Å². The van der Waals surface area contributed by atoms with Crippen molar-refractivity contribution in [1.29, 1.82) is 0 Å². The Hall–Kier alpha value is -1.55. The molecule has 4 heteroatoms. The highest BCUT2D eigenvalue weighted by Gasteiger charge is 2.13. The highest BCUT2D eigenvalue weighted by Crippen LogP contribution is 2.10. The zero-order chi connectivity index (χ0) is 13.2. The molecule has 4 nitrogen and oxygen atoms in total. The second-order valence-electron chi connectivity index (χ2n) is 4.15. The lowest BCUT2D eigenvalue weighted by atomic mass is 10.2. The third kappa shape index (κ3) is 5.68. The van der Waals surface area contributed by atoms with Crippen LogP contribution in [0.5, 0.6) is 5.75 Å². The van der Waals surface area contributed by atoms with Crippen LogP contribution in [0.2, 0.25) is 0 Å². The molecule has 1 aromatic carbocycles. The number of nitrogens with one attached hydrogen (secondary N) is 1. The second kappa shape index (κ2) is 8.53. The largest absolute Gasteiger partial charge is 0.481 e. The van der Waals surface area contributed by atoms with Crippen molar-refractivity contribution < 1.29 is 14.6 Å². The highest BCUT2D eigenvalue weighted by atomic mass is 16.5. The van der Waals surface area contributed by atoms with Gasteiger partial charge >= 0.3 is 0 Å². The second-order valence-corrected chi connectivity index (χ2v) is 4.15. The van der Waals surface area contributed by atoms with E-state index >= 15 is 0 Å². The molecule has 0 aliphatic rings. The van der Waals surface area contributed by atoms with Crippen molar-refractivity contribution in [1.82, 2.24) is 5.32 Å². The fraction of sp³-hybridized carbons (Fsp3) is 0.500. The molecule has 1 aromatic rings. The van der Waals surface area contributed by atoms with Crippen LogP contribution < -0.4 is 10.1 Å². The predicted octanol–water partition coefficient (Wildman–Crippen LogP) is 1.73. The van der Waals surface area contributed by atoms with Gasteiger partial charge in [0, 0.05) is 13.2 Å². The van der Waals surface area contributed by atoms with E-state index in [9.17, 15) is 4.79 Å². The quantitative estimate of drug-likeness (QED) is 0.692. The highest BCUT2D eigenvalue weighted by molar-refractivity contribution is 5.80. The molecular formula is C14H21NO3. The van der Waals surface area contributed by atoms with Crippen molar-refractivity contribution in [3.63, 3.8) is 0 Å². The van der Waals surface area contributed by atoms with Crippen LogP contribution >= 0.6 is 0 Å². The number of ether oxygens (including phenoxy) is 1. The number of benzene rings is 1. The minimum absolute atomic E-state index is 0.108. The molecule has 0 saturated carbocycles. The molecule has 0 radical (unpaired) electrons. The summed E-state index contributed by atoms with van der Waals surface area (Å²) in [5.41, 5.74) is 0. The fourth-order valence-electron chi connectivity index (χ4n) is 1.53. The van der Waals surface area contributed by atoms with Crippen LogP contribution in [0.4, 0.5) is 0 Å². The van der Waals surface area contributed by atoms with E-state index in [-0.39, 0.29) is 12.5 Å². The summed E-state index contributed by atoms with van der Waals surface area (Å²) >= 11 is 0. The van der Waals surface area contributed by atoms with Crippen LogP contribution in [0.1, 0.15) is 26.2 Å². The molecule has 0 saturated heterocycles. The zero-order valence-electron chi connectivity index (χ0n) is 10.8. The number of hydrogen-bond acceptors (Lipinski definition) is 3. The van der Waals surface area contributed by atoms with Crippen LogP contribution in [-0.4, -0.2) is 30.3 Å². The molecule has 0 aliphatic heterocycles. The third-order valence-corrected chi connectivity index (χ3v) is 2.56. The van der Waals surface area contributed by atoms with E-state index in [1.54, 1.807) is 6.92 Å². The Kier molecular flexibility index (Phi) is 6.87. The molecular weight excluding hydrogens is 230 g/mol. The van der Waals surface area contributed by atoms with Gasteiger partial charge in [-0.25, -0.2) is 0 Å². The Morgan fingerprint density at radius 1 is 1.28 bits per heavy atom. The van der Waals surface area contributed by atoms with Crippen molar-refractivity contribution in [2.45, 2.75) is 32.3 Å². The molecule has 2 N–H and O–H groups in total. The molecule has 1 amide bonds. The molecule has 1 unspecified atom stereocenters. The third-order valence-electron chi connectivity index (χ3n) is 2.56. The summed E-state index contributed by atoms with van der Waals surface area (Å²) in [6, 6.07) is 9.29. The molecule has 100 valence electrons. The van der Waals surface area contributed by atoms with E-state index in [0.29, 0.717) is 12.3 Å². The smallest absolute Gasteiger partial charge is 0.260 e. The topological polar surface area (TPSA) is 58.6 Å². The summed E-state index contributed by atoms with van der Waals surface area (Å²) in [5.74, 6) is 0.586. The molecule has 0 heterocycles.